The molecule has 1 rings (SSSR count). The van der Waals surface area contributed by atoms with Gasteiger partial charge in [-0.3, -0.25) is 0 Å². The van der Waals surface area contributed by atoms with Crippen molar-refractivity contribution < 1.29 is 4.43 Å². The average molecular weight is 178 g/mol. The third-order valence-electron chi connectivity index (χ3n) is 1.79. The second-order valence-corrected chi connectivity index (χ2v) is 3.29. The summed E-state index contributed by atoms with van der Waals surface area (Å²) >= 11 is 0. The zero-order valence-corrected chi connectivity index (χ0v) is 9.42. The third-order valence-corrected chi connectivity index (χ3v) is 2.20. The molecule has 0 bridgehead atoms. The standard InChI is InChI=1S/C10H14OSi/c1-9(7-8-11-12)10-5-3-2-4-6-10/h2-6H,1,7-8H2,12H3. The predicted molar refractivity (Wildman–Crippen MR) is 56.0 cm³/mol. The molecule has 0 fully saturated rings. The van der Waals surface area contributed by atoms with Crippen molar-refractivity contribution in [3.63, 3.8) is 0 Å². The fourth-order valence-corrected chi connectivity index (χ4v) is 1.25. The molecule has 0 saturated carbocycles. The Morgan fingerprint density at radius 2 is 2.00 bits per heavy atom. The van der Waals surface area contributed by atoms with Crippen LogP contribution in [0.15, 0.2) is 36.9 Å². The van der Waals surface area contributed by atoms with Crippen molar-refractivity contribution in [2.45, 2.75) is 6.42 Å². The normalized spacial score (nSPS) is 10.0. The summed E-state index contributed by atoms with van der Waals surface area (Å²) in [6, 6.07) is 10.2. The third kappa shape index (κ3) is 2.64. The number of hydrogen-bond acceptors (Lipinski definition) is 1. The molecule has 0 aliphatic carbocycles. The van der Waals surface area contributed by atoms with Crippen LogP contribution in [0.25, 0.3) is 5.57 Å². The van der Waals surface area contributed by atoms with Crippen molar-refractivity contribution in [1.29, 1.82) is 0 Å². The molecule has 0 aliphatic rings. The highest BCUT2D eigenvalue weighted by Gasteiger charge is 1.95. The van der Waals surface area contributed by atoms with Crippen molar-refractivity contribution >= 4 is 16.1 Å². The van der Waals surface area contributed by atoms with Crippen molar-refractivity contribution in [3.05, 3.63) is 42.5 Å². The lowest BCUT2D eigenvalue weighted by atomic mass is 10.1. The predicted octanol–water partition coefficient (Wildman–Crippen LogP) is 1.39. The first-order valence-electron chi connectivity index (χ1n) is 4.06. The Balaban J connectivity index is 2.54. The maximum atomic E-state index is 5.11. The molecule has 12 heavy (non-hydrogen) atoms. The highest BCUT2D eigenvalue weighted by atomic mass is 28.2. The van der Waals surface area contributed by atoms with Crippen molar-refractivity contribution in [1.82, 2.24) is 0 Å². The van der Waals surface area contributed by atoms with Crippen LogP contribution < -0.4 is 0 Å². The topological polar surface area (TPSA) is 9.23 Å². The van der Waals surface area contributed by atoms with E-state index in [0.717, 1.165) is 29.1 Å². The minimum absolute atomic E-state index is 0.806. The smallest absolute Gasteiger partial charge is 0.145 e. The molecule has 0 aliphatic heterocycles. The van der Waals surface area contributed by atoms with Gasteiger partial charge < -0.3 is 4.43 Å². The summed E-state index contributed by atoms with van der Waals surface area (Å²) in [6.07, 6.45) is 0.938. The molecule has 0 aromatic heterocycles. The Morgan fingerprint density at radius 3 is 2.58 bits per heavy atom. The van der Waals surface area contributed by atoms with Gasteiger partial charge in [0.25, 0.3) is 0 Å². The van der Waals surface area contributed by atoms with Gasteiger partial charge in [-0.05, 0) is 17.6 Å². The number of rotatable bonds is 4. The summed E-state index contributed by atoms with van der Waals surface area (Å²) in [4.78, 5) is 0. The van der Waals surface area contributed by atoms with Gasteiger partial charge >= 0.3 is 0 Å². The van der Waals surface area contributed by atoms with Crippen LogP contribution in [0.2, 0.25) is 0 Å². The van der Waals surface area contributed by atoms with Crippen molar-refractivity contribution in [2.24, 2.45) is 0 Å². The van der Waals surface area contributed by atoms with Crippen LogP contribution in [-0.4, -0.2) is 17.1 Å². The molecule has 2 heteroatoms. The molecule has 0 amide bonds. The average Bonchev–Trinajstić information content (AvgIpc) is 2.15. The maximum absolute atomic E-state index is 5.11. The Kier molecular flexibility index (Phi) is 3.77. The van der Waals surface area contributed by atoms with Gasteiger partial charge in [-0.15, -0.1) is 0 Å². The van der Waals surface area contributed by atoms with Crippen LogP contribution in [0.1, 0.15) is 12.0 Å². The van der Waals surface area contributed by atoms with Gasteiger partial charge in [-0.2, -0.15) is 0 Å². The van der Waals surface area contributed by atoms with Gasteiger partial charge in [0, 0.05) is 6.61 Å². The van der Waals surface area contributed by atoms with Crippen LogP contribution >= 0.6 is 0 Å². The zero-order chi connectivity index (χ0) is 8.81. The van der Waals surface area contributed by atoms with Crippen LogP contribution in [0, 0.1) is 0 Å². The van der Waals surface area contributed by atoms with Gasteiger partial charge in [0.05, 0.1) is 0 Å². The molecule has 0 N–H and O–H groups in total. The summed E-state index contributed by atoms with van der Waals surface area (Å²) in [7, 11) is 0.816. The Hall–Kier alpha value is -0.863. The van der Waals surface area contributed by atoms with E-state index in [1.54, 1.807) is 0 Å². The van der Waals surface area contributed by atoms with E-state index in [9.17, 15) is 0 Å². The molecule has 0 saturated heterocycles. The molecule has 0 radical (unpaired) electrons. The van der Waals surface area contributed by atoms with E-state index < -0.39 is 0 Å². The monoisotopic (exact) mass is 178 g/mol. The number of hydrogen-bond donors (Lipinski definition) is 0. The Bertz CT molecular complexity index is 243. The van der Waals surface area contributed by atoms with E-state index in [-0.39, 0.29) is 0 Å². The van der Waals surface area contributed by atoms with Crippen LogP contribution in [0.3, 0.4) is 0 Å². The first kappa shape index (κ1) is 9.23. The van der Waals surface area contributed by atoms with Crippen LogP contribution in [-0.2, 0) is 4.43 Å². The summed E-state index contributed by atoms with van der Waals surface area (Å²) in [5.74, 6) is 0. The van der Waals surface area contributed by atoms with Crippen molar-refractivity contribution in [3.8, 4) is 0 Å². The summed E-state index contributed by atoms with van der Waals surface area (Å²) in [5.41, 5.74) is 2.38. The van der Waals surface area contributed by atoms with E-state index >= 15 is 0 Å². The van der Waals surface area contributed by atoms with Gasteiger partial charge in [0.2, 0.25) is 0 Å². The summed E-state index contributed by atoms with van der Waals surface area (Å²) in [5, 5.41) is 0. The highest BCUT2D eigenvalue weighted by Crippen LogP contribution is 2.14. The lowest BCUT2D eigenvalue weighted by Crippen LogP contribution is -1.91. The van der Waals surface area contributed by atoms with E-state index in [4.69, 9.17) is 4.43 Å². The quantitative estimate of drug-likeness (QED) is 0.633. The zero-order valence-electron chi connectivity index (χ0n) is 7.42. The second kappa shape index (κ2) is 4.90. The fraction of sp³-hybridized carbons (Fsp3) is 0.200. The molecule has 1 aromatic carbocycles. The van der Waals surface area contributed by atoms with Gasteiger partial charge in [0.15, 0.2) is 0 Å². The SMILES string of the molecule is C=C(CCO[SiH3])c1ccccc1. The lowest BCUT2D eigenvalue weighted by molar-refractivity contribution is 0.360. The van der Waals surface area contributed by atoms with E-state index in [1.165, 1.54) is 5.56 Å². The molecule has 64 valence electrons. The molecule has 1 nitrogen and oxygen atoms in total. The first-order valence-corrected chi connectivity index (χ1v) is 4.88. The van der Waals surface area contributed by atoms with Crippen LogP contribution in [0.5, 0.6) is 0 Å². The second-order valence-electron chi connectivity index (χ2n) is 2.71. The van der Waals surface area contributed by atoms with Gasteiger partial charge in [-0.1, -0.05) is 36.9 Å². The Labute approximate surface area is 76.6 Å². The lowest BCUT2D eigenvalue weighted by Gasteiger charge is -2.04. The fourth-order valence-electron chi connectivity index (χ4n) is 1.04. The molecular weight excluding hydrogens is 164 g/mol. The molecular formula is C10H14OSi. The highest BCUT2D eigenvalue weighted by molar-refractivity contribution is 5.98. The first-order chi connectivity index (χ1) is 5.84. The van der Waals surface area contributed by atoms with Gasteiger partial charge in [-0.25, -0.2) is 0 Å². The number of benzene rings is 1. The maximum Gasteiger partial charge on any atom is 0.145 e. The van der Waals surface area contributed by atoms with Crippen molar-refractivity contribution in [2.75, 3.05) is 6.61 Å². The summed E-state index contributed by atoms with van der Waals surface area (Å²) < 4.78 is 5.11. The molecule has 0 atom stereocenters. The largest absolute Gasteiger partial charge is 0.428 e. The minimum Gasteiger partial charge on any atom is -0.428 e. The van der Waals surface area contributed by atoms with Gasteiger partial charge in [0.1, 0.15) is 10.5 Å². The Morgan fingerprint density at radius 1 is 1.33 bits per heavy atom. The molecule has 0 spiro atoms. The summed E-state index contributed by atoms with van der Waals surface area (Å²) in [6.45, 7) is 4.80. The van der Waals surface area contributed by atoms with E-state index in [1.807, 2.05) is 18.2 Å². The molecule has 0 unspecified atom stereocenters. The minimum atomic E-state index is 0.806. The molecule has 1 aromatic rings. The van der Waals surface area contributed by atoms with E-state index in [2.05, 4.69) is 18.7 Å². The van der Waals surface area contributed by atoms with Crippen LogP contribution in [0.4, 0.5) is 0 Å². The van der Waals surface area contributed by atoms with E-state index in [0.29, 0.717) is 0 Å². The molecule has 0 heterocycles.